The number of hydrogen-bond acceptors (Lipinski definition) is 3. The average Bonchev–Trinajstić information content (AvgIpc) is 3.38. The molecule has 4 nitrogen and oxygen atoms in total. The highest BCUT2D eigenvalue weighted by Gasteiger charge is 2.21. The van der Waals surface area contributed by atoms with Crippen LogP contribution in [0.25, 0.3) is 11.0 Å². The van der Waals surface area contributed by atoms with Gasteiger partial charge < -0.3 is 9.88 Å². The number of rotatable bonds is 5. The number of para-hydroxylation sites is 2. The summed E-state index contributed by atoms with van der Waals surface area (Å²) in [5, 5.41) is 5.04. The van der Waals surface area contributed by atoms with Crippen LogP contribution in [0.15, 0.2) is 47.8 Å². The minimum Gasteiger partial charge on any atom is -0.342 e. The highest BCUT2D eigenvalue weighted by atomic mass is 32.1. The van der Waals surface area contributed by atoms with Crippen molar-refractivity contribution in [3.05, 3.63) is 86.4 Å². The topological polar surface area (TPSA) is 46.9 Å². The molecule has 0 radical (unpaired) electrons. The Bertz CT molecular complexity index is 1190. The minimum atomic E-state index is -0.210. The van der Waals surface area contributed by atoms with Gasteiger partial charge in [0.1, 0.15) is 5.82 Å². The Hall–Kier alpha value is -2.92. The van der Waals surface area contributed by atoms with Crippen LogP contribution in [0.1, 0.15) is 56.3 Å². The molecule has 0 aliphatic rings. The zero-order chi connectivity index (χ0) is 21.4. The molecule has 0 aliphatic heterocycles. The lowest BCUT2D eigenvalue weighted by Gasteiger charge is -2.20. The first-order valence-corrected chi connectivity index (χ1v) is 11.1. The molecule has 154 valence electrons. The summed E-state index contributed by atoms with van der Waals surface area (Å²) < 4.78 is 2.25. The van der Waals surface area contributed by atoms with E-state index in [0.29, 0.717) is 4.88 Å². The molecular formula is C25H27N3OS. The third kappa shape index (κ3) is 3.65. The van der Waals surface area contributed by atoms with Crippen molar-refractivity contribution in [3.63, 3.8) is 0 Å². The van der Waals surface area contributed by atoms with Crippen molar-refractivity contribution in [2.45, 2.75) is 47.2 Å². The second kappa shape index (κ2) is 8.07. The molecule has 2 aromatic carbocycles. The number of thiophene rings is 1. The van der Waals surface area contributed by atoms with Crippen molar-refractivity contribution in [1.29, 1.82) is 0 Å². The van der Waals surface area contributed by atoms with Crippen molar-refractivity contribution in [2.75, 3.05) is 0 Å². The SMILES string of the molecule is Cc1cc(C)c(C)c(Cn2c(C(C)NC(=O)c3cccs3)nc3ccccc32)c1C. The van der Waals surface area contributed by atoms with Gasteiger partial charge in [-0.2, -0.15) is 0 Å². The molecule has 30 heavy (non-hydrogen) atoms. The Morgan fingerprint density at radius 2 is 1.77 bits per heavy atom. The van der Waals surface area contributed by atoms with E-state index in [4.69, 9.17) is 4.98 Å². The molecule has 0 spiro atoms. The van der Waals surface area contributed by atoms with E-state index in [-0.39, 0.29) is 11.9 Å². The minimum absolute atomic E-state index is 0.0603. The molecule has 0 bridgehead atoms. The highest BCUT2D eigenvalue weighted by molar-refractivity contribution is 7.12. The molecule has 0 fully saturated rings. The van der Waals surface area contributed by atoms with E-state index in [2.05, 4.69) is 49.7 Å². The number of nitrogens with one attached hydrogen (secondary N) is 1. The number of carbonyl (C=O) groups excluding carboxylic acids is 1. The molecule has 0 saturated heterocycles. The van der Waals surface area contributed by atoms with Gasteiger partial charge in [-0.15, -0.1) is 11.3 Å². The lowest BCUT2D eigenvalue weighted by Crippen LogP contribution is -2.28. The maximum atomic E-state index is 12.6. The predicted molar refractivity (Wildman–Crippen MR) is 124 cm³/mol. The lowest BCUT2D eigenvalue weighted by atomic mass is 9.94. The standard InChI is InChI=1S/C25H27N3OS/c1-15-13-16(2)18(4)20(17(15)3)14-28-22-10-7-6-9-21(22)27-24(28)19(5)26-25(29)23-11-8-12-30-23/h6-13,19H,14H2,1-5H3,(H,26,29). The number of imidazole rings is 1. The van der Waals surface area contributed by atoms with E-state index in [9.17, 15) is 4.79 Å². The van der Waals surface area contributed by atoms with Crippen molar-refractivity contribution < 1.29 is 4.79 Å². The number of carbonyl (C=O) groups is 1. The van der Waals surface area contributed by atoms with Gasteiger partial charge in [-0.25, -0.2) is 4.98 Å². The zero-order valence-corrected chi connectivity index (χ0v) is 18.9. The van der Waals surface area contributed by atoms with E-state index in [1.165, 1.54) is 39.2 Å². The quantitative estimate of drug-likeness (QED) is 0.441. The summed E-state index contributed by atoms with van der Waals surface area (Å²) in [6.45, 7) is 11.5. The number of hydrogen-bond donors (Lipinski definition) is 1. The van der Waals surface area contributed by atoms with Crippen molar-refractivity contribution in [1.82, 2.24) is 14.9 Å². The molecular weight excluding hydrogens is 390 g/mol. The van der Waals surface area contributed by atoms with Crippen LogP contribution in [0.3, 0.4) is 0 Å². The average molecular weight is 418 g/mol. The largest absolute Gasteiger partial charge is 0.342 e. The summed E-state index contributed by atoms with van der Waals surface area (Å²) in [6.07, 6.45) is 0. The second-order valence-corrected chi connectivity index (χ2v) is 8.90. The monoisotopic (exact) mass is 417 g/mol. The molecule has 4 rings (SSSR count). The van der Waals surface area contributed by atoms with Crippen molar-refractivity contribution in [2.24, 2.45) is 0 Å². The number of benzene rings is 2. The highest BCUT2D eigenvalue weighted by Crippen LogP contribution is 2.27. The van der Waals surface area contributed by atoms with E-state index in [0.717, 1.165) is 23.4 Å². The summed E-state index contributed by atoms with van der Waals surface area (Å²) in [5.74, 6) is 0.814. The van der Waals surface area contributed by atoms with E-state index in [1.807, 2.05) is 42.6 Å². The maximum Gasteiger partial charge on any atom is 0.261 e. The molecule has 0 saturated carbocycles. The van der Waals surface area contributed by atoms with Gasteiger partial charge in [-0.3, -0.25) is 4.79 Å². The first-order valence-electron chi connectivity index (χ1n) is 10.2. The van der Waals surface area contributed by atoms with Crippen LogP contribution in [-0.4, -0.2) is 15.5 Å². The summed E-state index contributed by atoms with van der Waals surface area (Å²) in [6, 6.07) is 14.0. The first kappa shape index (κ1) is 20.4. The van der Waals surface area contributed by atoms with Crippen molar-refractivity contribution >= 4 is 28.3 Å². The van der Waals surface area contributed by atoms with Crippen LogP contribution in [-0.2, 0) is 6.54 Å². The van der Waals surface area contributed by atoms with Crippen LogP contribution < -0.4 is 5.32 Å². The maximum absolute atomic E-state index is 12.6. The number of fused-ring (bicyclic) bond motifs is 1. The molecule has 2 aromatic heterocycles. The Morgan fingerprint density at radius 1 is 1.07 bits per heavy atom. The molecule has 0 aliphatic carbocycles. The summed E-state index contributed by atoms with van der Waals surface area (Å²) in [7, 11) is 0. The fourth-order valence-corrected chi connectivity index (χ4v) is 4.65. The third-order valence-electron chi connectivity index (χ3n) is 6.00. The molecule has 2 heterocycles. The Kier molecular flexibility index (Phi) is 5.48. The first-order chi connectivity index (χ1) is 14.4. The van der Waals surface area contributed by atoms with Gasteiger partial charge in [-0.05, 0) is 86.0 Å². The second-order valence-electron chi connectivity index (χ2n) is 7.96. The Labute approximate surface area is 181 Å². The van der Waals surface area contributed by atoms with Gasteiger partial charge >= 0.3 is 0 Å². The molecule has 5 heteroatoms. The van der Waals surface area contributed by atoms with Crippen LogP contribution >= 0.6 is 11.3 Å². The number of amides is 1. The van der Waals surface area contributed by atoms with E-state index < -0.39 is 0 Å². The van der Waals surface area contributed by atoms with Gasteiger partial charge in [0.2, 0.25) is 0 Å². The third-order valence-corrected chi connectivity index (χ3v) is 6.87. The molecule has 1 amide bonds. The van der Waals surface area contributed by atoms with E-state index >= 15 is 0 Å². The van der Waals surface area contributed by atoms with Gasteiger partial charge in [0.05, 0.1) is 22.0 Å². The fraction of sp³-hybridized carbons (Fsp3) is 0.280. The van der Waals surface area contributed by atoms with E-state index in [1.54, 1.807) is 0 Å². The molecule has 1 N–H and O–H groups in total. The molecule has 1 unspecified atom stereocenters. The Balaban J connectivity index is 1.77. The van der Waals surface area contributed by atoms with Crippen LogP contribution in [0.4, 0.5) is 0 Å². The van der Waals surface area contributed by atoms with Gasteiger partial charge in [0, 0.05) is 6.54 Å². The van der Waals surface area contributed by atoms with Crippen LogP contribution in [0.2, 0.25) is 0 Å². The van der Waals surface area contributed by atoms with Gasteiger partial charge in [0.25, 0.3) is 5.91 Å². The number of aryl methyl sites for hydroxylation is 2. The van der Waals surface area contributed by atoms with Crippen LogP contribution in [0, 0.1) is 27.7 Å². The van der Waals surface area contributed by atoms with Gasteiger partial charge in [0.15, 0.2) is 0 Å². The normalized spacial score (nSPS) is 12.3. The summed E-state index contributed by atoms with van der Waals surface area (Å²) in [4.78, 5) is 18.2. The lowest BCUT2D eigenvalue weighted by molar-refractivity contribution is 0.0942. The smallest absolute Gasteiger partial charge is 0.261 e. The molecule has 4 aromatic rings. The summed E-state index contributed by atoms with van der Waals surface area (Å²) in [5.41, 5.74) is 8.60. The number of nitrogens with zero attached hydrogens (tertiary/aromatic N) is 2. The number of aromatic nitrogens is 2. The zero-order valence-electron chi connectivity index (χ0n) is 18.1. The fourth-order valence-electron chi connectivity index (χ4n) is 4.02. The predicted octanol–water partition coefficient (Wildman–Crippen LogP) is 5.87. The molecule has 1 atom stereocenters. The summed E-state index contributed by atoms with van der Waals surface area (Å²) >= 11 is 1.45. The Morgan fingerprint density at radius 3 is 2.43 bits per heavy atom. The van der Waals surface area contributed by atoms with Gasteiger partial charge in [-0.1, -0.05) is 24.3 Å². The van der Waals surface area contributed by atoms with Crippen molar-refractivity contribution in [3.8, 4) is 0 Å². The van der Waals surface area contributed by atoms with Crippen LogP contribution in [0.5, 0.6) is 0 Å².